The van der Waals surface area contributed by atoms with E-state index in [9.17, 15) is 9.59 Å². The highest BCUT2D eigenvalue weighted by molar-refractivity contribution is 6.51. The van der Waals surface area contributed by atoms with Crippen molar-refractivity contribution in [3.05, 3.63) is 31.7 Å². The van der Waals surface area contributed by atoms with Crippen LogP contribution in [0.4, 0.5) is 0 Å². The maximum Gasteiger partial charge on any atom is 0.329 e. The van der Waals surface area contributed by atoms with Gasteiger partial charge >= 0.3 is 5.97 Å². The van der Waals surface area contributed by atoms with Crippen LogP contribution >= 0.6 is 46.4 Å². The maximum atomic E-state index is 11.7. The van der Waals surface area contributed by atoms with Gasteiger partial charge in [-0.15, -0.1) is 0 Å². The van der Waals surface area contributed by atoms with Crippen LogP contribution in [0.5, 0.6) is 0 Å². The third kappa shape index (κ3) is 3.73. The Morgan fingerprint density at radius 1 is 1.06 bits per heavy atom. The van der Waals surface area contributed by atoms with Crippen LogP contribution in [0.25, 0.3) is 0 Å². The summed E-state index contributed by atoms with van der Waals surface area (Å²) in [5, 5.41) is 8.42. The molecule has 0 fully saturated rings. The van der Waals surface area contributed by atoms with E-state index in [0.29, 0.717) is 0 Å². The zero-order valence-corrected chi connectivity index (χ0v) is 11.7. The number of Topliss-reactive ketones (excluding diaryl/α,β-unsaturated/α-hetero) is 1. The summed E-state index contributed by atoms with van der Waals surface area (Å²) in [5.74, 6) is -1.76. The predicted octanol–water partition coefficient (Wildman–Crippen LogP) is 3.58. The fourth-order valence-electron chi connectivity index (χ4n) is 1.13. The largest absolute Gasteiger partial charge is 0.480 e. The number of rotatable bonds is 5. The van der Waals surface area contributed by atoms with E-state index in [-0.39, 0.29) is 25.7 Å². The summed E-state index contributed by atoms with van der Waals surface area (Å²) in [4.78, 5) is 22.0. The molecular formula is C10H6Cl4O4. The molecule has 1 rings (SSSR count). The van der Waals surface area contributed by atoms with E-state index in [0.717, 1.165) is 0 Å². The summed E-state index contributed by atoms with van der Waals surface area (Å²) in [6, 6.07) is 1.28. The van der Waals surface area contributed by atoms with Crippen LogP contribution in [-0.4, -0.2) is 30.1 Å². The molecule has 0 aliphatic heterocycles. The number of halogens is 4. The zero-order chi connectivity index (χ0) is 13.9. The van der Waals surface area contributed by atoms with Crippen molar-refractivity contribution in [1.82, 2.24) is 0 Å². The van der Waals surface area contributed by atoms with E-state index in [1.54, 1.807) is 0 Å². The second-order valence-electron chi connectivity index (χ2n) is 3.15. The fourth-order valence-corrected chi connectivity index (χ4v) is 2.25. The molecule has 1 N–H and O–H groups in total. The second-order valence-corrected chi connectivity index (χ2v) is 4.72. The molecule has 0 aliphatic carbocycles. The fraction of sp³-hybridized carbons (Fsp3) is 0.200. The first kappa shape index (κ1) is 15.5. The Kier molecular flexibility index (Phi) is 5.69. The zero-order valence-electron chi connectivity index (χ0n) is 8.68. The molecule has 0 saturated heterocycles. The minimum Gasteiger partial charge on any atom is -0.480 e. The van der Waals surface area contributed by atoms with Gasteiger partial charge in [0.15, 0.2) is 5.78 Å². The minimum atomic E-state index is -1.19. The van der Waals surface area contributed by atoms with Gasteiger partial charge in [0.25, 0.3) is 0 Å². The van der Waals surface area contributed by atoms with Gasteiger partial charge in [-0.1, -0.05) is 46.4 Å². The van der Waals surface area contributed by atoms with Crippen LogP contribution in [0.3, 0.4) is 0 Å². The highest BCUT2D eigenvalue weighted by Gasteiger charge is 2.20. The molecule has 4 nitrogen and oxygen atoms in total. The van der Waals surface area contributed by atoms with Gasteiger partial charge in [-0.3, -0.25) is 4.79 Å². The van der Waals surface area contributed by atoms with Crippen molar-refractivity contribution in [1.29, 1.82) is 0 Å². The summed E-state index contributed by atoms with van der Waals surface area (Å²) < 4.78 is 4.65. The summed E-state index contributed by atoms with van der Waals surface area (Å²) in [6.45, 7) is -1.06. The average Bonchev–Trinajstić information content (AvgIpc) is 2.25. The summed E-state index contributed by atoms with van der Waals surface area (Å²) in [6.07, 6.45) is 0. The molecule has 0 heterocycles. The molecule has 0 amide bonds. The first-order valence-electron chi connectivity index (χ1n) is 4.50. The van der Waals surface area contributed by atoms with Crippen molar-refractivity contribution < 1.29 is 19.4 Å². The van der Waals surface area contributed by atoms with Gasteiger partial charge in [0.1, 0.15) is 13.2 Å². The Bertz CT molecular complexity index is 501. The maximum absolute atomic E-state index is 11.7. The lowest BCUT2D eigenvalue weighted by Crippen LogP contribution is -2.15. The SMILES string of the molecule is O=C(O)COCC(=O)c1c(Cl)cc(Cl)c(Cl)c1Cl. The Labute approximate surface area is 122 Å². The molecule has 0 atom stereocenters. The van der Waals surface area contributed by atoms with E-state index >= 15 is 0 Å². The quantitative estimate of drug-likeness (QED) is 0.509. The van der Waals surface area contributed by atoms with Crippen LogP contribution in [0.2, 0.25) is 20.1 Å². The topological polar surface area (TPSA) is 63.6 Å². The highest BCUT2D eigenvalue weighted by Crippen LogP contribution is 2.37. The number of carbonyl (C=O) groups is 2. The number of ether oxygens (including phenoxy) is 1. The minimum absolute atomic E-state index is 0.00400. The van der Waals surface area contributed by atoms with E-state index in [2.05, 4.69) is 4.74 Å². The first-order chi connectivity index (χ1) is 8.34. The number of carboxylic acids is 1. The Morgan fingerprint density at radius 2 is 1.67 bits per heavy atom. The third-order valence-corrected chi connectivity index (χ3v) is 3.41. The molecule has 1 aromatic carbocycles. The molecule has 0 bridgehead atoms. The number of benzene rings is 1. The monoisotopic (exact) mass is 330 g/mol. The molecule has 0 radical (unpaired) electrons. The van der Waals surface area contributed by atoms with Crippen LogP contribution < -0.4 is 0 Å². The normalized spacial score (nSPS) is 10.4. The van der Waals surface area contributed by atoms with Gasteiger partial charge < -0.3 is 9.84 Å². The lowest BCUT2D eigenvalue weighted by atomic mass is 10.1. The molecule has 8 heteroatoms. The van der Waals surface area contributed by atoms with Crippen molar-refractivity contribution in [2.24, 2.45) is 0 Å². The standard InChI is InChI=1S/C10H6Cl4O4/c11-4-1-5(12)9(13)10(14)8(4)6(15)2-18-3-7(16)17/h1H,2-3H2,(H,16,17). The van der Waals surface area contributed by atoms with Gasteiger partial charge in [0, 0.05) is 0 Å². The van der Waals surface area contributed by atoms with Crippen LogP contribution in [0, 0.1) is 0 Å². The number of hydrogen-bond acceptors (Lipinski definition) is 3. The van der Waals surface area contributed by atoms with E-state index in [1.807, 2.05) is 0 Å². The van der Waals surface area contributed by atoms with E-state index in [1.165, 1.54) is 6.07 Å². The first-order valence-corrected chi connectivity index (χ1v) is 6.01. The molecule has 18 heavy (non-hydrogen) atoms. The molecule has 0 saturated carbocycles. The predicted molar refractivity (Wildman–Crippen MR) is 69.3 cm³/mol. The lowest BCUT2D eigenvalue weighted by Gasteiger charge is -2.09. The summed E-state index contributed by atoms with van der Waals surface area (Å²) >= 11 is 23.2. The number of carboxylic acid groups (broad SMARTS) is 1. The lowest BCUT2D eigenvalue weighted by molar-refractivity contribution is -0.141. The van der Waals surface area contributed by atoms with E-state index < -0.39 is 25.0 Å². The van der Waals surface area contributed by atoms with Crippen molar-refractivity contribution in [3.8, 4) is 0 Å². The number of ketones is 1. The Balaban J connectivity index is 2.92. The van der Waals surface area contributed by atoms with E-state index in [4.69, 9.17) is 51.5 Å². The van der Waals surface area contributed by atoms with Crippen LogP contribution in [0.15, 0.2) is 6.07 Å². The molecule has 98 valence electrons. The summed E-state index contributed by atoms with van der Waals surface area (Å²) in [7, 11) is 0. The van der Waals surface area contributed by atoms with Crippen molar-refractivity contribution in [2.45, 2.75) is 0 Å². The number of carbonyl (C=O) groups excluding carboxylic acids is 1. The van der Waals surface area contributed by atoms with Crippen LogP contribution in [-0.2, 0) is 9.53 Å². The number of hydrogen-bond donors (Lipinski definition) is 1. The van der Waals surface area contributed by atoms with Crippen molar-refractivity contribution in [2.75, 3.05) is 13.2 Å². The van der Waals surface area contributed by atoms with Gasteiger partial charge in [0.05, 0.1) is 25.7 Å². The Hall–Kier alpha value is -0.520. The highest BCUT2D eigenvalue weighted by atomic mass is 35.5. The molecule has 0 aromatic heterocycles. The van der Waals surface area contributed by atoms with Crippen LogP contribution in [0.1, 0.15) is 10.4 Å². The van der Waals surface area contributed by atoms with Gasteiger partial charge in [0.2, 0.25) is 0 Å². The van der Waals surface area contributed by atoms with Gasteiger partial charge in [-0.2, -0.15) is 0 Å². The van der Waals surface area contributed by atoms with Gasteiger partial charge in [-0.25, -0.2) is 4.79 Å². The average molecular weight is 332 g/mol. The molecule has 0 unspecified atom stereocenters. The second kappa shape index (κ2) is 6.59. The Morgan fingerprint density at radius 3 is 2.22 bits per heavy atom. The third-order valence-electron chi connectivity index (χ3n) is 1.85. The molecule has 1 aromatic rings. The number of aliphatic carboxylic acids is 1. The summed E-state index contributed by atoms with van der Waals surface area (Å²) in [5.41, 5.74) is -0.0434. The molecule has 0 spiro atoms. The molecule has 0 aliphatic rings. The smallest absolute Gasteiger partial charge is 0.329 e. The van der Waals surface area contributed by atoms with Crippen molar-refractivity contribution in [3.63, 3.8) is 0 Å². The van der Waals surface area contributed by atoms with Gasteiger partial charge in [-0.05, 0) is 6.07 Å². The van der Waals surface area contributed by atoms with Crippen molar-refractivity contribution >= 4 is 58.2 Å². The molecular weight excluding hydrogens is 326 g/mol.